The van der Waals surface area contributed by atoms with Gasteiger partial charge >= 0.3 is 0 Å². The van der Waals surface area contributed by atoms with E-state index in [0.29, 0.717) is 18.5 Å². The number of alkyl halides is 2. The number of aliphatic hydroxyl groups excluding tert-OH is 1. The Morgan fingerprint density at radius 1 is 1.50 bits per heavy atom. The summed E-state index contributed by atoms with van der Waals surface area (Å²) >= 11 is 0. The summed E-state index contributed by atoms with van der Waals surface area (Å²) in [6, 6.07) is 0.259. The van der Waals surface area contributed by atoms with E-state index in [0.717, 1.165) is 5.69 Å². The molecule has 0 radical (unpaired) electrons. The number of halogens is 2. The van der Waals surface area contributed by atoms with Gasteiger partial charge in [-0.15, -0.1) is 0 Å². The quantitative estimate of drug-likeness (QED) is 0.733. The van der Waals surface area contributed by atoms with E-state index in [4.69, 9.17) is 0 Å². The van der Waals surface area contributed by atoms with E-state index in [2.05, 4.69) is 10.4 Å². The van der Waals surface area contributed by atoms with Gasteiger partial charge in [0, 0.05) is 31.0 Å². The highest BCUT2D eigenvalue weighted by atomic mass is 19.3. The molecule has 3 heterocycles. The molecular formula is C12H17F2N3O. The van der Waals surface area contributed by atoms with Gasteiger partial charge in [-0.3, -0.25) is 4.68 Å². The monoisotopic (exact) mass is 257 g/mol. The lowest BCUT2D eigenvalue weighted by molar-refractivity contribution is -0.0245. The number of fused-ring (bicyclic) bond motifs is 3. The molecule has 0 spiro atoms. The molecule has 2 aliphatic heterocycles. The number of nitrogens with one attached hydrogen (secondary N) is 1. The van der Waals surface area contributed by atoms with Gasteiger partial charge in [-0.25, -0.2) is 0 Å². The SMILES string of the molecule is C[C@@H]1Cc2nn3c(c2CN1)C(F)(F)CC[C@H](O)C3. The fourth-order valence-electron chi connectivity index (χ4n) is 2.84. The van der Waals surface area contributed by atoms with Crippen molar-refractivity contribution in [1.29, 1.82) is 0 Å². The highest BCUT2D eigenvalue weighted by Crippen LogP contribution is 2.39. The first-order valence-corrected chi connectivity index (χ1v) is 6.35. The van der Waals surface area contributed by atoms with Crippen molar-refractivity contribution in [3.8, 4) is 0 Å². The van der Waals surface area contributed by atoms with Gasteiger partial charge in [-0.1, -0.05) is 0 Å². The molecule has 2 aliphatic rings. The van der Waals surface area contributed by atoms with Crippen LogP contribution in [0.25, 0.3) is 0 Å². The molecule has 0 bridgehead atoms. The number of hydrogen-bond donors (Lipinski definition) is 2. The Morgan fingerprint density at radius 2 is 2.28 bits per heavy atom. The number of aliphatic hydroxyl groups is 1. The largest absolute Gasteiger partial charge is 0.391 e. The van der Waals surface area contributed by atoms with Gasteiger partial charge < -0.3 is 10.4 Å². The smallest absolute Gasteiger partial charge is 0.289 e. The van der Waals surface area contributed by atoms with E-state index in [9.17, 15) is 13.9 Å². The van der Waals surface area contributed by atoms with Gasteiger partial charge in [0.05, 0.1) is 18.3 Å². The number of rotatable bonds is 0. The second-order valence-electron chi connectivity index (χ2n) is 5.34. The molecule has 1 aromatic rings. The van der Waals surface area contributed by atoms with E-state index < -0.39 is 12.0 Å². The topological polar surface area (TPSA) is 50.1 Å². The van der Waals surface area contributed by atoms with Crippen LogP contribution in [0.15, 0.2) is 0 Å². The van der Waals surface area contributed by atoms with Gasteiger partial charge in [0.2, 0.25) is 0 Å². The summed E-state index contributed by atoms with van der Waals surface area (Å²) in [7, 11) is 0. The summed E-state index contributed by atoms with van der Waals surface area (Å²) in [4.78, 5) is 0. The lowest BCUT2D eigenvalue weighted by atomic mass is 9.98. The molecule has 0 amide bonds. The molecule has 18 heavy (non-hydrogen) atoms. The molecular weight excluding hydrogens is 240 g/mol. The molecule has 3 rings (SSSR count). The third-order valence-corrected chi connectivity index (χ3v) is 3.78. The normalized spacial score (nSPS) is 30.4. The van der Waals surface area contributed by atoms with Crippen molar-refractivity contribution in [3.63, 3.8) is 0 Å². The van der Waals surface area contributed by atoms with Crippen LogP contribution in [-0.2, 0) is 25.4 Å². The molecule has 2 atom stereocenters. The van der Waals surface area contributed by atoms with Crippen molar-refractivity contribution in [3.05, 3.63) is 17.0 Å². The van der Waals surface area contributed by atoms with Crippen LogP contribution in [0, 0.1) is 0 Å². The minimum atomic E-state index is -2.89. The Kier molecular flexibility index (Phi) is 2.67. The standard InChI is InChI=1S/C12H17F2N3O/c1-7-4-10-9(5-15-7)11-12(13,14)3-2-8(18)6-17(11)16-10/h7-8,15,18H,2-6H2,1H3/t7-,8+/m1/s1. The third kappa shape index (κ3) is 1.83. The zero-order valence-electron chi connectivity index (χ0n) is 10.3. The minimum absolute atomic E-state index is 0.00782. The van der Waals surface area contributed by atoms with E-state index in [-0.39, 0.29) is 31.1 Å². The van der Waals surface area contributed by atoms with Gasteiger partial charge in [-0.2, -0.15) is 13.9 Å². The van der Waals surface area contributed by atoms with Crippen LogP contribution in [0.1, 0.15) is 36.7 Å². The highest BCUT2D eigenvalue weighted by Gasteiger charge is 2.42. The molecule has 1 aromatic heterocycles. The van der Waals surface area contributed by atoms with Crippen LogP contribution < -0.4 is 5.32 Å². The average molecular weight is 257 g/mol. The minimum Gasteiger partial charge on any atom is -0.391 e. The third-order valence-electron chi connectivity index (χ3n) is 3.78. The Morgan fingerprint density at radius 3 is 3.06 bits per heavy atom. The van der Waals surface area contributed by atoms with Gasteiger partial charge in [0.25, 0.3) is 5.92 Å². The van der Waals surface area contributed by atoms with Gasteiger partial charge in [-0.05, 0) is 13.3 Å². The van der Waals surface area contributed by atoms with Gasteiger partial charge in [0.1, 0.15) is 5.69 Å². The first-order chi connectivity index (χ1) is 8.47. The van der Waals surface area contributed by atoms with Crippen LogP contribution in [0.2, 0.25) is 0 Å². The summed E-state index contributed by atoms with van der Waals surface area (Å²) in [5.74, 6) is -2.89. The van der Waals surface area contributed by atoms with Crippen molar-refractivity contribution in [2.24, 2.45) is 0 Å². The van der Waals surface area contributed by atoms with E-state index in [1.807, 2.05) is 6.92 Å². The van der Waals surface area contributed by atoms with Crippen molar-refractivity contribution in [1.82, 2.24) is 15.1 Å². The summed E-state index contributed by atoms with van der Waals surface area (Å²) < 4.78 is 29.6. The zero-order chi connectivity index (χ0) is 12.9. The fourth-order valence-corrected chi connectivity index (χ4v) is 2.84. The summed E-state index contributed by atoms with van der Waals surface area (Å²) in [6.07, 6.45) is -0.248. The predicted molar refractivity (Wildman–Crippen MR) is 61.4 cm³/mol. The second kappa shape index (κ2) is 3.99. The van der Waals surface area contributed by atoms with Crippen molar-refractivity contribution >= 4 is 0 Å². The van der Waals surface area contributed by atoms with Crippen LogP contribution in [0.4, 0.5) is 8.78 Å². The van der Waals surface area contributed by atoms with Crippen LogP contribution in [-0.4, -0.2) is 27.0 Å². The lowest BCUT2D eigenvalue weighted by Crippen LogP contribution is -2.33. The molecule has 0 aliphatic carbocycles. The Bertz CT molecular complexity index is 472. The van der Waals surface area contributed by atoms with Crippen LogP contribution >= 0.6 is 0 Å². The summed E-state index contributed by atoms with van der Waals surface area (Å²) in [5.41, 5.74) is 1.39. The molecule has 0 saturated heterocycles. The molecule has 4 nitrogen and oxygen atoms in total. The lowest BCUT2D eigenvalue weighted by Gasteiger charge is -2.22. The number of hydrogen-bond acceptors (Lipinski definition) is 3. The maximum absolute atomic E-state index is 14.1. The number of aromatic nitrogens is 2. The first kappa shape index (κ1) is 12.0. The maximum Gasteiger partial charge on any atom is 0.289 e. The summed E-state index contributed by atoms with van der Waals surface area (Å²) in [6.45, 7) is 2.63. The Labute approximate surface area is 104 Å². The molecule has 0 aromatic carbocycles. The Balaban J connectivity index is 2.10. The predicted octanol–water partition coefficient (Wildman–Crippen LogP) is 1.16. The molecule has 2 N–H and O–H groups in total. The van der Waals surface area contributed by atoms with Crippen molar-refractivity contribution < 1.29 is 13.9 Å². The average Bonchev–Trinajstić information content (AvgIpc) is 2.59. The van der Waals surface area contributed by atoms with Crippen molar-refractivity contribution in [2.75, 3.05) is 0 Å². The fraction of sp³-hybridized carbons (Fsp3) is 0.750. The molecule has 0 saturated carbocycles. The van der Waals surface area contributed by atoms with Crippen LogP contribution in [0.3, 0.4) is 0 Å². The second-order valence-corrected chi connectivity index (χ2v) is 5.34. The number of nitrogens with zero attached hydrogens (tertiary/aromatic N) is 2. The highest BCUT2D eigenvalue weighted by molar-refractivity contribution is 5.32. The Hall–Kier alpha value is -1.01. The van der Waals surface area contributed by atoms with Gasteiger partial charge in [0.15, 0.2) is 0 Å². The molecule has 0 unspecified atom stereocenters. The zero-order valence-corrected chi connectivity index (χ0v) is 10.3. The maximum atomic E-state index is 14.1. The molecule has 0 fully saturated rings. The van der Waals surface area contributed by atoms with Crippen LogP contribution in [0.5, 0.6) is 0 Å². The first-order valence-electron chi connectivity index (χ1n) is 6.35. The van der Waals surface area contributed by atoms with Crippen molar-refractivity contribution in [2.45, 2.75) is 57.3 Å². The summed E-state index contributed by atoms with van der Waals surface area (Å²) in [5, 5.41) is 17.2. The molecule has 100 valence electrons. The van der Waals surface area contributed by atoms with E-state index >= 15 is 0 Å². The molecule has 6 heteroatoms. The van der Waals surface area contributed by atoms with E-state index in [1.54, 1.807) is 0 Å². The van der Waals surface area contributed by atoms with E-state index in [1.165, 1.54) is 4.68 Å².